The van der Waals surface area contributed by atoms with Gasteiger partial charge in [-0.15, -0.1) is 0 Å². The predicted molar refractivity (Wildman–Crippen MR) is 42.5 cm³/mol. The van der Waals surface area contributed by atoms with Crippen molar-refractivity contribution < 1.29 is 14.6 Å². The molecule has 5 nitrogen and oxygen atoms in total. The zero-order chi connectivity index (χ0) is 8.97. The summed E-state index contributed by atoms with van der Waals surface area (Å²) in [5.74, 6) is -0.665. The molecule has 5 heteroatoms. The second-order valence-electron chi connectivity index (χ2n) is 2.83. The lowest BCUT2D eigenvalue weighted by Crippen LogP contribution is -2.45. The number of ether oxygens (including phenoxy) is 1. The number of carbonyl (C=O) groups is 1. The first-order valence-electron chi connectivity index (χ1n) is 3.97. The summed E-state index contributed by atoms with van der Waals surface area (Å²) < 4.78 is 5.10. The van der Waals surface area contributed by atoms with Crippen molar-refractivity contribution in [3.63, 3.8) is 0 Å². The van der Waals surface area contributed by atoms with E-state index in [9.17, 15) is 4.79 Å². The van der Waals surface area contributed by atoms with Crippen molar-refractivity contribution in [3.8, 4) is 0 Å². The number of primary amides is 1. The molecule has 0 spiro atoms. The van der Waals surface area contributed by atoms with Crippen molar-refractivity contribution >= 4 is 5.91 Å². The fourth-order valence-electron chi connectivity index (χ4n) is 1.12. The summed E-state index contributed by atoms with van der Waals surface area (Å²) in [6.07, 6.45) is -1.05. The topological polar surface area (TPSA) is 75.8 Å². The molecule has 1 aliphatic rings. The van der Waals surface area contributed by atoms with Crippen molar-refractivity contribution in [1.29, 1.82) is 0 Å². The number of morpholine rings is 1. The quantitative estimate of drug-likeness (QED) is 0.527. The van der Waals surface area contributed by atoms with E-state index in [2.05, 4.69) is 0 Å². The lowest BCUT2D eigenvalue weighted by Gasteiger charge is -2.27. The SMILES string of the molecule is NC(=O)[C@@H](O)CN1CCOCC1. The molecule has 0 unspecified atom stereocenters. The molecule has 12 heavy (non-hydrogen) atoms. The number of rotatable bonds is 3. The van der Waals surface area contributed by atoms with Crippen LogP contribution in [0.5, 0.6) is 0 Å². The summed E-state index contributed by atoms with van der Waals surface area (Å²) in [6.45, 7) is 3.14. The highest BCUT2D eigenvalue weighted by Crippen LogP contribution is 1.97. The number of carbonyl (C=O) groups excluding carboxylic acids is 1. The van der Waals surface area contributed by atoms with E-state index in [4.69, 9.17) is 15.6 Å². The Morgan fingerprint density at radius 1 is 1.58 bits per heavy atom. The molecule has 0 aliphatic carbocycles. The Bertz CT molecular complexity index is 157. The molecule has 1 rings (SSSR count). The first-order chi connectivity index (χ1) is 5.70. The van der Waals surface area contributed by atoms with E-state index in [0.717, 1.165) is 13.1 Å². The second-order valence-corrected chi connectivity index (χ2v) is 2.83. The molecule has 1 heterocycles. The number of amides is 1. The van der Waals surface area contributed by atoms with Gasteiger partial charge in [0, 0.05) is 19.6 Å². The Labute approximate surface area is 71.1 Å². The van der Waals surface area contributed by atoms with Gasteiger partial charge in [-0.3, -0.25) is 9.69 Å². The highest BCUT2D eigenvalue weighted by molar-refractivity contribution is 5.78. The fourth-order valence-corrected chi connectivity index (χ4v) is 1.12. The molecule has 70 valence electrons. The van der Waals surface area contributed by atoms with E-state index >= 15 is 0 Å². The molecule has 0 aromatic rings. The lowest BCUT2D eigenvalue weighted by molar-refractivity contribution is -0.127. The maximum atomic E-state index is 10.5. The van der Waals surface area contributed by atoms with E-state index in [1.807, 2.05) is 4.90 Å². The number of nitrogens with zero attached hydrogens (tertiary/aromatic N) is 1. The second kappa shape index (κ2) is 4.39. The third kappa shape index (κ3) is 2.77. The van der Waals surface area contributed by atoms with Gasteiger partial charge < -0.3 is 15.6 Å². The molecule has 0 saturated carbocycles. The lowest BCUT2D eigenvalue weighted by atomic mass is 10.3. The van der Waals surface area contributed by atoms with Crippen LogP contribution in [0.2, 0.25) is 0 Å². The number of aliphatic hydroxyl groups excluding tert-OH is 1. The van der Waals surface area contributed by atoms with Gasteiger partial charge in [-0.1, -0.05) is 0 Å². The molecule has 1 atom stereocenters. The zero-order valence-corrected chi connectivity index (χ0v) is 6.90. The summed E-state index contributed by atoms with van der Waals surface area (Å²) >= 11 is 0. The Balaban J connectivity index is 2.24. The van der Waals surface area contributed by atoms with E-state index < -0.39 is 12.0 Å². The number of hydrogen-bond donors (Lipinski definition) is 2. The highest BCUT2D eigenvalue weighted by atomic mass is 16.5. The predicted octanol–water partition coefficient (Wildman–Crippen LogP) is -1.84. The Hall–Kier alpha value is -0.650. The third-order valence-corrected chi connectivity index (χ3v) is 1.86. The molecule has 1 saturated heterocycles. The number of aliphatic hydroxyl groups is 1. The summed E-state index contributed by atoms with van der Waals surface area (Å²) in [5, 5.41) is 9.12. The molecule has 0 aromatic heterocycles. The van der Waals surface area contributed by atoms with E-state index in [1.165, 1.54) is 0 Å². The van der Waals surface area contributed by atoms with E-state index in [-0.39, 0.29) is 0 Å². The molecule has 0 radical (unpaired) electrons. The summed E-state index contributed by atoms with van der Waals surface area (Å²) in [5.41, 5.74) is 4.91. The maximum absolute atomic E-state index is 10.5. The van der Waals surface area contributed by atoms with Crippen LogP contribution in [0.3, 0.4) is 0 Å². The molecule has 0 aromatic carbocycles. The largest absolute Gasteiger partial charge is 0.382 e. The van der Waals surface area contributed by atoms with Crippen molar-refractivity contribution in [2.24, 2.45) is 5.73 Å². The van der Waals surface area contributed by atoms with Gasteiger partial charge in [0.2, 0.25) is 5.91 Å². The molecule has 1 aliphatic heterocycles. The first kappa shape index (κ1) is 9.44. The average Bonchev–Trinajstić information content (AvgIpc) is 2.06. The molecule has 0 bridgehead atoms. The smallest absolute Gasteiger partial charge is 0.247 e. The van der Waals surface area contributed by atoms with Gasteiger partial charge in [0.25, 0.3) is 0 Å². The Morgan fingerprint density at radius 2 is 2.17 bits per heavy atom. The summed E-state index contributed by atoms with van der Waals surface area (Å²) in [4.78, 5) is 12.4. The maximum Gasteiger partial charge on any atom is 0.247 e. The van der Waals surface area contributed by atoms with Gasteiger partial charge in [0.15, 0.2) is 0 Å². The molecule has 1 fully saturated rings. The van der Waals surface area contributed by atoms with Gasteiger partial charge in [-0.25, -0.2) is 0 Å². The minimum Gasteiger partial charge on any atom is -0.382 e. The average molecular weight is 174 g/mol. The van der Waals surface area contributed by atoms with Crippen LogP contribution in [-0.4, -0.2) is 54.9 Å². The number of β-amino-alcohol motifs (C(OH)–C–C–N with tert-alkyl or cyclic N) is 1. The van der Waals surface area contributed by atoms with Crippen LogP contribution in [0.15, 0.2) is 0 Å². The van der Waals surface area contributed by atoms with Crippen molar-refractivity contribution in [3.05, 3.63) is 0 Å². The van der Waals surface area contributed by atoms with Gasteiger partial charge in [-0.05, 0) is 0 Å². The van der Waals surface area contributed by atoms with E-state index in [1.54, 1.807) is 0 Å². The molecular formula is C7H14N2O3. The van der Waals surface area contributed by atoms with Crippen LogP contribution in [0.4, 0.5) is 0 Å². The van der Waals surface area contributed by atoms with Crippen LogP contribution < -0.4 is 5.73 Å². The van der Waals surface area contributed by atoms with Gasteiger partial charge >= 0.3 is 0 Å². The molecule has 3 N–H and O–H groups in total. The van der Waals surface area contributed by atoms with Crippen LogP contribution in [0.1, 0.15) is 0 Å². The van der Waals surface area contributed by atoms with E-state index in [0.29, 0.717) is 19.8 Å². The minimum absolute atomic E-state index is 0.318. The van der Waals surface area contributed by atoms with Gasteiger partial charge in [0.05, 0.1) is 13.2 Å². The van der Waals surface area contributed by atoms with Gasteiger partial charge in [-0.2, -0.15) is 0 Å². The molecule has 1 amide bonds. The zero-order valence-electron chi connectivity index (χ0n) is 6.90. The number of hydrogen-bond acceptors (Lipinski definition) is 4. The monoisotopic (exact) mass is 174 g/mol. The van der Waals surface area contributed by atoms with Crippen molar-refractivity contribution in [2.45, 2.75) is 6.10 Å². The van der Waals surface area contributed by atoms with Crippen molar-refractivity contribution in [1.82, 2.24) is 4.90 Å². The van der Waals surface area contributed by atoms with Crippen LogP contribution in [0, 0.1) is 0 Å². The first-order valence-corrected chi connectivity index (χ1v) is 3.97. The highest BCUT2D eigenvalue weighted by Gasteiger charge is 2.17. The van der Waals surface area contributed by atoms with Crippen LogP contribution in [-0.2, 0) is 9.53 Å². The minimum atomic E-state index is -1.05. The fraction of sp³-hybridized carbons (Fsp3) is 0.857. The van der Waals surface area contributed by atoms with Crippen LogP contribution >= 0.6 is 0 Å². The normalized spacial score (nSPS) is 22.1. The summed E-state index contributed by atoms with van der Waals surface area (Å²) in [7, 11) is 0. The Kier molecular flexibility index (Phi) is 3.46. The van der Waals surface area contributed by atoms with Gasteiger partial charge in [0.1, 0.15) is 6.10 Å². The molecular weight excluding hydrogens is 160 g/mol. The Morgan fingerprint density at radius 3 is 2.67 bits per heavy atom. The van der Waals surface area contributed by atoms with Crippen molar-refractivity contribution in [2.75, 3.05) is 32.8 Å². The number of nitrogens with two attached hydrogens (primary N) is 1. The third-order valence-electron chi connectivity index (χ3n) is 1.86. The van der Waals surface area contributed by atoms with Crippen LogP contribution in [0.25, 0.3) is 0 Å². The summed E-state index contributed by atoms with van der Waals surface area (Å²) in [6, 6.07) is 0. The standard InChI is InChI=1S/C7H14N2O3/c8-7(11)6(10)5-9-1-3-12-4-2-9/h6,10H,1-5H2,(H2,8,11)/t6-/m0/s1.